The summed E-state index contributed by atoms with van der Waals surface area (Å²) in [6, 6.07) is 11.2. The van der Waals surface area contributed by atoms with Crippen molar-refractivity contribution in [2.75, 3.05) is 23.7 Å². The third kappa shape index (κ3) is 5.61. The minimum Gasteiger partial charge on any atom is -0.326 e. The van der Waals surface area contributed by atoms with E-state index in [1.807, 2.05) is 19.9 Å². The van der Waals surface area contributed by atoms with E-state index in [1.165, 1.54) is 10.6 Å². The Bertz CT molecular complexity index is 1650. The van der Waals surface area contributed by atoms with Gasteiger partial charge in [-0.05, 0) is 81.8 Å². The number of hydrogen-bond donors (Lipinski definition) is 2. The van der Waals surface area contributed by atoms with Gasteiger partial charge in [0, 0.05) is 37.1 Å². The zero-order valence-electron chi connectivity index (χ0n) is 22.4. The van der Waals surface area contributed by atoms with Crippen LogP contribution in [0.25, 0.3) is 10.9 Å². The molecule has 3 aromatic rings. The van der Waals surface area contributed by atoms with Gasteiger partial charge in [-0.3, -0.25) is 18.7 Å². The van der Waals surface area contributed by atoms with Crippen molar-refractivity contribution >= 4 is 45.8 Å². The van der Waals surface area contributed by atoms with Gasteiger partial charge in [-0.15, -0.1) is 0 Å². The van der Waals surface area contributed by atoms with Crippen LogP contribution in [0.3, 0.4) is 0 Å². The molecule has 1 unspecified atom stereocenters. The molecular weight excluding hydrogens is 532 g/mol. The van der Waals surface area contributed by atoms with Crippen molar-refractivity contribution in [2.24, 2.45) is 11.8 Å². The molecule has 1 aliphatic carbocycles. The zero-order chi connectivity index (χ0) is 28.6. The second kappa shape index (κ2) is 11.2. The summed E-state index contributed by atoms with van der Waals surface area (Å²) in [5.74, 6) is -0.294. The van der Waals surface area contributed by atoms with Crippen LogP contribution in [0, 0.1) is 23.2 Å². The number of likely N-dealkylation sites (tertiary alicyclic amines) is 1. The molecule has 40 heavy (non-hydrogen) atoms. The van der Waals surface area contributed by atoms with Gasteiger partial charge >= 0.3 is 11.7 Å². The normalized spacial score (nSPS) is 17.1. The number of carbonyl (C=O) groups excluding carboxylic acids is 2. The number of piperidine rings is 1. The van der Waals surface area contributed by atoms with E-state index in [9.17, 15) is 19.2 Å². The first kappa shape index (κ1) is 27.5. The van der Waals surface area contributed by atoms with E-state index in [1.54, 1.807) is 39.8 Å². The molecule has 1 aromatic heterocycles. The molecule has 1 saturated carbocycles. The SMILES string of the molecule is CC(C)n1c(=O)n(CC2CC2)c(=O)c2cc(NC(=O)N3CCCC(C(=O)Nc4ccc(C#N)c(Cl)c4)C3)ccc21. The fourth-order valence-corrected chi connectivity index (χ4v) is 5.41. The Balaban J connectivity index is 1.32. The zero-order valence-corrected chi connectivity index (χ0v) is 23.2. The monoisotopic (exact) mass is 562 g/mol. The Morgan fingerprint density at radius 1 is 1.07 bits per heavy atom. The number of anilines is 2. The lowest BCUT2D eigenvalue weighted by atomic mass is 9.97. The molecule has 208 valence electrons. The number of halogens is 1. The minimum absolute atomic E-state index is 0.141. The molecule has 1 aliphatic heterocycles. The van der Waals surface area contributed by atoms with Crippen molar-refractivity contribution in [3.05, 3.63) is 67.8 Å². The molecule has 0 spiro atoms. The average molecular weight is 563 g/mol. The van der Waals surface area contributed by atoms with Crippen LogP contribution in [-0.4, -0.2) is 39.1 Å². The minimum atomic E-state index is -0.416. The standard InChI is InChI=1S/C29H31ClN6O4/c1-17(2)36-25-10-9-21(12-23(25)27(38)35(29(36)40)15-18-5-6-18)33-28(39)34-11-3-4-20(16-34)26(37)32-22-8-7-19(14-31)24(30)13-22/h7-10,12-13,17-18,20H,3-6,11,15-16H2,1-2H3,(H,32,37)(H,33,39). The van der Waals surface area contributed by atoms with Gasteiger partial charge in [0.2, 0.25) is 5.91 Å². The second-order valence-corrected chi connectivity index (χ2v) is 11.3. The van der Waals surface area contributed by atoms with E-state index in [0.717, 1.165) is 12.8 Å². The van der Waals surface area contributed by atoms with Crippen LogP contribution in [0.4, 0.5) is 16.2 Å². The number of amides is 3. The first-order chi connectivity index (χ1) is 19.2. The van der Waals surface area contributed by atoms with Crippen molar-refractivity contribution < 1.29 is 9.59 Å². The molecule has 2 fully saturated rings. The highest BCUT2D eigenvalue weighted by Gasteiger charge is 2.29. The Hall–Kier alpha value is -4.10. The molecule has 3 amide bonds. The number of urea groups is 1. The van der Waals surface area contributed by atoms with Crippen LogP contribution in [0.15, 0.2) is 46.0 Å². The van der Waals surface area contributed by atoms with Gasteiger partial charge in [0.25, 0.3) is 5.56 Å². The number of rotatable bonds is 6. The van der Waals surface area contributed by atoms with Crippen LogP contribution < -0.4 is 21.9 Å². The second-order valence-electron chi connectivity index (χ2n) is 10.8. The van der Waals surface area contributed by atoms with Gasteiger partial charge < -0.3 is 15.5 Å². The van der Waals surface area contributed by atoms with Crippen LogP contribution in [0.2, 0.25) is 5.02 Å². The highest BCUT2D eigenvalue weighted by Crippen LogP contribution is 2.30. The largest absolute Gasteiger partial charge is 0.331 e. The van der Waals surface area contributed by atoms with Gasteiger partial charge in [-0.1, -0.05) is 11.6 Å². The Morgan fingerprint density at radius 3 is 2.48 bits per heavy atom. The smallest absolute Gasteiger partial charge is 0.326 e. The molecule has 2 aliphatic rings. The Labute approximate surface area is 236 Å². The molecule has 1 atom stereocenters. The maximum atomic E-state index is 13.3. The summed E-state index contributed by atoms with van der Waals surface area (Å²) < 4.78 is 2.94. The molecule has 1 saturated heterocycles. The third-order valence-electron chi connectivity index (χ3n) is 7.51. The number of benzene rings is 2. The molecule has 5 rings (SSSR count). The molecule has 11 heteroatoms. The van der Waals surface area contributed by atoms with Crippen LogP contribution >= 0.6 is 11.6 Å². The number of carbonyl (C=O) groups is 2. The predicted molar refractivity (Wildman–Crippen MR) is 154 cm³/mol. The summed E-state index contributed by atoms with van der Waals surface area (Å²) in [5, 5.41) is 15.4. The van der Waals surface area contributed by atoms with E-state index in [0.29, 0.717) is 59.7 Å². The van der Waals surface area contributed by atoms with Crippen molar-refractivity contribution in [3.8, 4) is 6.07 Å². The quantitative estimate of drug-likeness (QED) is 0.455. The van der Waals surface area contributed by atoms with Gasteiger partial charge in [-0.2, -0.15) is 5.26 Å². The summed E-state index contributed by atoms with van der Waals surface area (Å²) in [5.41, 5.74) is 1.13. The fraction of sp³-hybridized carbons (Fsp3) is 0.414. The molecule has 10 nitrogen and oxygen atoms in total. The maximum absolute atomic E-state index is 13.3. The number of nitrogens with one attached hydrogen (secondary N) is 2. The predicted octanol–water partition coefficient (Wildman–Crippen LogP) is 4.56. The van der Waals surface area contributed by atoms with Crippen molar-refractivity contribution in [1.82, 2.24) is 14.0 Å². The van der Waals surface area contributed by atoms with Crippen LogP contribution in [-0.2, 0) is 11.3 Å². The first-order valence-electron chi connectivity index (χ1n) is 13.5. The van der Waals surface area contributed by atoms with Gasteiger partial charge in [0.1, 0.15) is 6.07 Å². The third-order valence-corrected chi connectivity index (χ3v) is 7.82. The van der Waals surface area contributed by atoms with Crippen molar-refractivity contribution in [3.63, 3.8) is 0 Å². The van der Waals surface area contributed by atoms with Crippen molar-refractivity contribution in [2.45, 2.75) is 52.1 Å². The van der Waals surface area contributed by atoms with E-state index in [-0.39, 0.29) is 40.8 Å². The van der Waals surface area contributed by atoms with Crippen LogP contribution in [0.5, 0.6) is 0 Å². The highest BCUT2D eigenvalue weighted by atomic mass is 35.5. The average Bonchev–Trinajstić information content (AvgIpc) is 3.76. The van der Waals surface area contributed by atoms with Crippen LogP contribution in [0.1, 0.15) is 51.1 Å². The molecule has 2 N–H and O–H groups in total. The number of nitrogens with zero attached hydrogens (tertiary/aromatic N) is 4. The Morgan fingerprint density at radius 2 is 1.80 bits per heavy atom. The van der Waals surface area contributed by atoms with E-state index < -0.39 is 5.92 Å². The Kier molecular flexibility index (Phi) is 7.68. The lowest BCUT2D eigenvalue weighted by Gasteiger charge is -2.32. The summed E-state index contributed by atoms with van der Waals surface area (Å²) in [7, 11) is 0. The topological polar surface area (TPSA) is 129 Å². The summed E-state index contributed by atoms with van der Waals surface area (Å²) in [6.45, 7) is 4.94. The summed E-state index contributed by atoms with van der Waals surface area (Å²) >= 11 is 6.08. The number of nitriles is 1. The molecule has 2 aromatic carbocycles. The first-order valence-corrected chi connectivity index (χ1v) is 13.9. The summed E-state index contributed by atoms with van der Waals surface area (Å²) in [6.07, 6.45) is 3.31. The van der Waals surface area contributed by atoms with E-state index in [4.69, 9.17) is 16.9 Å². The molecule has 2 heterocycles. The number of aromatic nitrogens is 2. The van der Waals surface area contributed by atoms with Gasteiger partial charge in [0.15, 0.2) is 0 Å². The van der Waals surface area contributed by atoms with Crippen molar-refractivity contribution in [1.29, 1.82) is 5.26 Å². The number of fused-ring (bicyclic) bond motifs is 1. The van der Waals surface area contributed by atoms with E-state index in [2.05, 4.69) is 10.6 Å². The number of hydrogen-bond acceptors (Lipinski definition) is 5. The molecule has 0 radical (unpaired) electrons. The lowest BCUT2D eigenvalue weighted by molar-refractivity contribution is -0.121. The van der Waals surface area contributed by atoms with E-state index >= 15 is 0 Å². The lowest BCUT2D eigenvalue weighted by Crippen LogP contribution is -2.45. The highest BCUT2D eigenvalue weighted by molar-refractivity contribution is 6.32. The molecular formula is C29H31ClN6O4. The molecule has 0 bridgehead atoms. The fourth-order valence-electron chi connectivity index (χ4n) is 5.19. The van der Waals surface area contributed by atoms with Gasteiger partial charge in [0.05, 0.1) is 27.4 Å². The summed E-state index contributed by atoms with van der Waals surface area (Å²) in [4.78, 5) is 54.1. The van der Waals surface area contributed by atoms with Gasteiger partial charge in [-0.25, -0.2) is 9.59 Å². The maximum Gasteiger partial charge on any atom is 0.331 e.